The Labute approximate surface area is 71.8 Å². The van der Waals surface area contributed by atoms with Gasteiger partial charge in [0.25, 0.3) is 0 Å². The van der Waals surface area contributed by atoms with Gasteiger partial charge < -0.3 is 18.1 Å². The van der Waals surface area contributed by atoms with Gasteiger partial charge in [-0.3, -0.25) is 0 Å². The van der Waals surface area contributed by atoms with Crippen molar-refractivity contribution in [2.45, 2.75) is 6.42 Å². The molecule has 0 aliphatic rings. The molecule has 0 saturated heterocycles. The van der Waals surface area contributed by atoms with E-state index in [2.05, 4.69) is 5.73 Å². The van der Waals surface area contributed by atoms with Gasteiger partial charge in [0.1, 0.15) is 5.82 Å². The maximum Gasteiger partial charge on any atom is 0.123 e. The molecular formula is C8H11ClFN. The number of hydrogen-bond acceptors (Lipinski definition) is 0. The smallest absolute Gasteiger partial charge is 0.123 e. The number of quaternary nitrogens is 1. The Morgan fingerprint density at radius 3 is 2.18 bits per heavy atom. The van der Waals surface area contributed by atoms with Gasteiger partial charge in [0.2, 0.25) is 0 Å². The Hall–Kier alpha value is -0.600. The highest BCUT2D eigenvalue weighted by Crippen LogP contribution is 2.01. The molecule has 11 heavy (non-hydrogen) atoms. The Morgan fingerprint density at radius 2 is 1.73 bits per heavy atom. The lowest BCUT2D eigenvalue weighted by molar-refractivity contribution is -0.366. The van der Waals surface area contributed by atoms with Crippen LogP contribution in [0.3, 0.4) is 0 Å². The van der Waals surface area contributed by atoms with Crippen LogP contribution in [0.5, 0.6) is 0 Å². The normalized spacial score (nSPS) is 8.91. The summed E-state index contributed by atoms with van der Waals surface area (Å²) in [6, 6.07) is 6.54. The second-order valence-electron chi connectivity index (χ2n) is 2.23. The number of hydrogen-bond donors (Lipinski definition) is 1. The van der Waals surface area contributed by atoms with Crippen molar-refractivity contribution in [3.8, 4) is 0 Å². The lowest BCUT2D eigenvalue weighted by atomic mass is 10.1. The topological polar surface area (TPSA) is 27.6 Å². The fraction of sp³-hybridized carbons (Fsp3) is 0.250. The molecule has 0 aromatic heterocycles. The first kappa shape index (κ1) is 10.4. The van der Waals surface area contributed by atoms with E-state index in [9.17, 15) is 4.39 Å². The van der Waals surface area contributed by atoms with Crippen molar-refractivity contribution < 1.29 is 22.5 Å². The molecular weight excluding hydrogens is 165 g/mol. The van der Waals surface area contributed by atoms with Crippen LogP contribution in [-0.4, -0.2) is 6.54 Å². The van der Waals surface area contributed by atoms with Gasteiger partial charge >= 0.3 is 0 Å². The largest absolute Gasteiger partial charge is 1.00 e. The predicted molar refractivity (Wildman–Crippen MR) is 37.9 cm³/mol. The second-order valence-corrected chi connectivity index (χ2v) is 2.23. The minimum absolute atomic E-state index is 0. The molecule has 0 fully saturated rings. The Bertz CT molecular complexity index is 198. The van der Waals surface area contributed by atoms with Gasteiger partial charge in [-0.1, -0.05) is 12.1 Å². The molecule has 1 nitrogen and oxygen atoms in total. The van der Waals surface area contributed by atoms with Gasteiger partial charge in [-0.15, -0.1) is 0 Å². The van der Waals surface area contributed by atoms with E-state index in [-0.39, 0.29) is 18.2 Å². The van der Waals surface area contributed by atoms with Crippen LogP contribution >= 0.6 is 0 Å². The fourth-order valence-corrected chi connectivity index (χ4v) is 0.855. The van der Waals surface area contributed by atoms with Gasteiger partial charge in [0.15, 0.2) is 0 Å². The van der Waals surface area contributed by atoms with Crippen LogP contribution in [0.1, 0.15) is 5.56 Å². The average molecular weight is 176 g/mol. The van der Waals surface area contributed by atoms with E-state index < -0.39 is 0 Å². The Kier molecular flexibility index (Phi) is 4.83. The summed E-state index contributed by atoms with van der Waals surface area (Å²) in [5.41, 5.74) is 4.86. The van der Waals surface area contributed by atoms with Crippen molar-refractivity contribution in [2.24, 2.45) is 0 Å². The molecule has 62 valence electrons. The molecule has 3 heteroatoms. The van der Waals surface area contributed by atoms with E-state index in [1.807, 2.05) is 0 Å². The maximum absolute atomic E-state index is 12.3. The Morgan fingerprint density at radius 1 is 1.18 bits per heavy atom. The summed E-state index contributed by atoms with van der Waals surface area (Å²) in [4.78, 5) is 0. The molecule has 0 amide bonds. The third-order valence-electron chi connectivity index (χ3n) is 1.38. The van der Waals surface area contributed by atoms with E-state index in [4.69, 9.17) is 0 Å². The number of halogens is 2. The highest BCUT2D eigenvalue weighted by atomic mass is 35.5. The molecule has 0 unspecified atom stereocenters. The van der Waals surface area contributed by atoms with Gasteiger partial charge in [-0.05, 0) is 17.7 Å². The molecule has 0 aliphatic carbocycles. The monoisotopic (exact) mass is 175 g/mol. The van der Waals surface area contributed by atoms with Gasteiger partial charge in [0, 0.05) is 6.42 Å². The predicted octanol–water partition coefficient (Wildman–Crippen LogP) is -2.39. The van der Waals surface area contributed by atoms with E-state index >= 15 is 0 Å². The zero-order valence-corrected chi connectivity index (χ0v) is 6.94. The minimum atomic E-state index is -0.173. The minimum Gasteiger partial charge on any atom is -1.00 e. The fourth-order valence-electron chi connectivity index (χ4n) is 0.855. The SMILES string of the molecule is [Cl-].[NH3+]CCc1ccc(F)cc1. The van der Waals surface area contributed by atoms with Gasteiger partial charge in [-0.2, -0.15) is 0 Å². The molecule has 1 aromatic rings. The van der Waals surface area contributed by atoms with Crippen LogP contribution < -0.4 is 18.1 Å². The quantitative estimate of drug-likeness (QED) is 0.520. The van der Waals surface area contributed by atoms with E-state index in [1.165, 1.54) is 12.1 Å². The number of benzene rings is 1. The summed E-state index contributed by atoms with van der Waals surface area (Å²) in [7, 11) is 0. The van der Waals surface area contributed by atoms with Crippen molar-refractivity contribution >= 4 is 0 Å². The summed E-state index contributed by atoms with van der Waals surface area (Å²) in [5, 5.41) is 0. The van der Waals surface area contributed by atoms with Crippen molar-refractivity contribution in [3.05, 3.63) is 35.6 Å². The van der Waals surface area contributed by atoms with Crippen molar-refractivity contribution in [3.63, 3.8) is 0 Å². The lowest BCUT2D eigenvalue weighted by Gasteiger charge is -1.94. The van der Waals surface area contributed by atoms with E-state index in [1.54, 1.807) is 12.1 Å². The summed E-state index contributed by atoms with van der Waals surface area (Å²) >= 11 is 0. The second kappa shape index (κ2) is 5.10. The van der Waals surface area contributed by atoms with Crippen molar-refractivity contribution in [1.29, 1.82) is 0 Å². The molecule has 1 rings (SSSR count). The number of rotatable bonds is 2. The van der Waals surface area contributed by atoms with Crippen LogP contribution in [0, 0.1) is 5.82 Å². The third kappa shape index (κ3) is 3.35. The zero-order valence-electron chi connectivity index (χ0n) is 6.19. The Balaban J connectivity index is 0.000001000. The third-order valence-corrected chi connectivity index (χ3v) is 1.38. The van der Waals surface area contributed by atoms with Crippen LogP contribution in [0.2, 0.25) is 0 Å². The first-order valence-electron chi connectivity index (χ1n) is 3.36. The van der Waals surface area contributed by atoms with Crippen LogP contribution in [0.15, 0.2) is 24.3 Å². The van der Waals surface area contributed by atoms with Crippen molar-refractivity contribution in [2.75, 3.05) is 6.54 Å². The summed E-state index contributed by atoms with van der Waals surface area (Å²) in [5.74, 6) is -0.173. The maximum atomic E-state index is 12.3. The van der Waals surface area contributed by atoms with E-state index in [0.29, 0.717) is 0 Å². The molecule has 0 aliphatic heterocycles. The summed E-state index contributed by atoms with van der Waals surface area (Å²) < 4.78 is 12.3. The molecule has 0 spiro atoms. The van der Waals surface area contributed by atoms with Gasteiger partial charge in [-0.25, -0.2) is 4.39 Å². The van der Waals surface area contributed by atoms with Crippen LogP contribution in [0.4, 0.5) is 4.39 Å². The zero-order chi connectivity index (χ0) is 7.40. The molecule has 0 heterocycles. The highest BCUT2D eigenvalue weighted by molar-refractivity contribution is 5.15. The average Bonchev–Trinajstić information content (AvgIpc) is 1.95. The molecule has 1 aromatic carbocycles. The molecule has 0 saturated carbocycles. The highest BCUT2D eigenvalue weighted by Gasteiger charge is 1.91. The summed E-state index contributed by atoms with van der Waals surface area (Å²) in [6.45, 7) is 0.867. The molecule has 0 atom stereocenters. The van der Waals surface area contributed by atoms with Crippen molar-refractivity contribution in [1.82, 2.24) is 0 Å². The van der Waals surface area contributed by atoms with Crippen LogP contribution in [-0.2, 0) is 6.42 Å². The molecule has 0 bridgehead atoms. The van der Waals surface area contributed by atoms with E-state index in [0.717, 1.165) is 18.5 Å². The van der Waals surface area contributed by atoms with Gasteiger partial charge in [0.05, 0.1) is 6.54 Å². The van der Waals surface area contributed by atoms with Crippen LogP contribution in [0.25, 0.3) is 0 Å². The lowest BCUT2D eigenvalue weighted by Crippen LogP contribution is -3.00. The summed E-state index contributed by atoms with van der Waals surface area (Å²) in [6.07, 6.45) is 0.931. The molecule has 0 radical (unpaired) electrons. The molecule has 3 N–H and O–H groups in total. The first-order valence-corrected chi connectivity index (χ1v) is 3.36. The first-order chi connectivity index (χ1) is 4.83. The standard InChI is InChI=1S/C8H10FN.ClH/c9-8-3-1-7(2-4-8)5-6-10;/h1-4H,5-6,10H2;1H.